The van der Waals surface area contributed by atoms with Gasteiger partial charge in [0.2, 0.25) is 0 Å². The fraction of sp³-hybridized carbons (Fsp3) is 0.429. The van der Waals surface area contributed by atoms with Crippen LogP contribution in [0.3, 0.4) is 0 Å². The lowest BCUT2D eigenvalue weighted by atomic mass is 9.99. The van der Waals surface area contributed by atoms with Crippen LogP contribution in [0.5, 0.6) is 0 Å². The van der Waals surface area contributed by atoms with Gasteiger partial charge in [-0.3, -0.25) is 9.08 Å². The van der Waals surface area contributed by atoms with Crippen molar-refractivity contribution in [2.24, 2.45) is 0 Å². The molecule has 8 nitrogen and oxygen atoms in total. The highest BCUT2D eigenvalue weighted by molar-refractivity contribution is 7.86. The number of nitrogens with zero attached hydrogens (tertiary/aromatic N) is 1. The van der Waals surface area contributed by atoms with Crippen molar-refractivity contribution in [2.75, 3.05) is 6.54 Å². The molecule has 126 valence electrons. The first-order chi connectivity index (χ1) is 10.6. The fourth-order valence-corrected chi connectivity index (χ4v) is 3.59. The quantitative estimate of drug-likeness (QED) is 0.790. The highest BCUT2D eigenvalue weighted by Crippen LogP contribution is 2.33. The Kier molecular flexibility index (Phi) is 4.36. The zero-order valence-electron chi connectivity index (χ0n) is 12.6. The summed E-state index contributed by atoms with van der Waals surface area (Å²) >= 11 is 0. The summed E-state index contributed by atoms with van der Waals surface area (Å²) in [5.41, 5.74) is -0.848. The van der Waals surface area contributed by atoms with Crippen LogP contribution < -0.4 is 0 Å². The van der Waals surface area contributed by atoms with Gasteiger partial charge >= 0.3 is 12.1 Å². The Hall–Kier alpha value is -2.13. The molecule has 0 aliphatic carbocycles. The number of likely N-dealkylation sites (tertiary alicyclic amines) is 1. The molecule has 2 N–H and O–H groups in total. The normalized spacial score (nSPS) is 24.6. The molecule has 2 atom stereocenters. The van der Waals surface area contributed by atoms with Crippen molar-refractivity contribution in [1.82, 2.24) is 4.90 Å². The third-order valence-electron chi connectivity index (χ3n) is 3.87. The van der Waals surface area contributed by atoms with E-state index in [4.69, 9.17) is 9.29 Å². The Bertz CT molecular complexity index is 728. The van der Waals surface area contributed by atoms with Crippen LogP contribution in [0.4, 0.5) is 4.79 Å². The summed E-state index contributed by atoms with van der Waals surface area (Å²) in [5.74, 6) is -1.35. The van der Waals surface area contributed by atoms with E-state index in [1.807, 2.05) is 0 Å². The molecule has 1 aromatic rings. The first-order valence-corrected chi connectivity index (χ1v) is 8.21. The number of hydrogen-bond acceptors (Lipinski definition) is 5. The zero-order chi connectivity index (χ0) is 17.4. The average molecular weight is 343 g/mol. The van der Waals surface area contributed by atoms with Gasteiger partial charge in [0, 0.05) is 6.42 Å². The summed E-state index contributed by atoms with van der Waals surface area (Å²) in [6.07, 6.45) is -2.74. The van der Waals surface area contributed by atoms with Gasteiger partial charge in [-0.1, -0.05) is 17.7 Å². The number of rotatable bonds is 4. The smallest absolute Gasteiger partial charge is 0.408 e. The molecule has 0 bridgehead atoms. The number of aliphatic carboxylic acids is 1. The van der Waals surface area contributed by atoms with E-state index in [1.165, 1.54) is 19.1 Å². The van der Waals surface area contributed by atoms with Crippen molar-refractivity contribution in [1.29, 1.82) is 0 Å². The van der Waals surface area contributed by atoms with Gasteiger partial charge in [-0.2, -0.15) is 8.42 Å². The van der Waals surface area contributed by atoms with Crippen LogP contribution in [-0.2, 0) is 19.1 Å². The van der Waals surface area contributed by atoms with Crippen molar-refractivity contribution in [3.63, 3.8) is 0 Å². The second-order valence-corrected chi connectivity index (χ2v) is 7.23. The van der Waals surface area contributed by atoms with Crippen LogP contribution in [0.2, 0.25) is 0 Å². The van der Waals surface area contributed by atoms with Crippen molar-refractivity contribution in [3.05, 3.63) is 29.8 Å². The lowest BCUT2D eigenvalue weighted by Crippen LogP contribution is -2.50. The van der Waals surface area contributed by atoms with Gasteiger partial charge < -0.3 is 10.2 Å². The van der Waals surface area contributed by atoms with Crippen molar-refractivity contribution < 1.29 is 32.4 Å². The monoisotopic (exact) mass is 343 g/mol. The molecule has 1 aliphatic heterocycles. The van der Waals surface area contributed by atoms with E-state index in [1.54, 1.807) is 19.1 Å². The lowest BCUT2D eigenvalue weighted by Gasteiger charge is -2.27. The number of benzene rings is 1. The highest BCUT2D eigenvalue weighted by atomic mass is 32.2. The van der Waals surface area contributed by atoms with Gasteiger partial charge in [-0.15, -0.1) is 0 Å². The van der Waals surface area contributed by atoms with E-state index in [-0.39, 0.29) is 17.9 Å². The third kappa shape index (κ3) is 3.30. The second-order valence-electron chi connectivity index (χ2n) is 5.66. The van der Waals surface area contributed by atoms with E-state index in [0.717, 1.165) is 5.56 Å². The molecule has 1 saturated heterocycles. The van der Waals surface area contributed by atoms with E-state index >= 15 is 0 Å². The Morgan fingerprint density at radius 1 is 1.26 bits per heavy atom. The fourth-order valence-electron chi connectivity index (χ4n) is 2.52. The summed E-state index contributed by atoms with van der Waals surface area (Å²) in [7, 11) is -4.10. The van der Waals surface area contributed by atoms with Crippen molar-refractivity contribution in [3.8, 4) is 0 Å². The minimum Gasteiger partial charge on any atom is -0.480 e. The topological polar surface area (TPSA) is 121 Å². The van der Waals surface area contributed by atoms with Crippen molar-refractivity contribution >= 4 is 22.2 Å². The van der Waals surface area contributed by atoms with Crippen LogP contribution >= 0.6 is 0 Å². The molecule has 0 aromatic heterocycles. The maximum Gasteiger partial charge on any atom is 0.408 e. The molecule has 2 rings (SSSR count). The second kappa shape index (κ2) is 5.82. The van der Waals surface area contributed by atoms with Crippen molar-refractivity contribution in [2.45, 2.75) is 36.8 Å². The largest absolute Gasteiger partial charge is 0.480 e. The minimum absolute atomic E-state index is 0.0612. The predicted molar refractivity (Wildman–Crippen MR) is 78.6 cm³/mol. The first kappa shape index (κ1) is 17.2. The van der Waals surface area contributed by atoms with E-state index in [2.05, 4.69) is 0 Å². The Morgan fingerprint density at radius 2 is 1.83 bits per heavy atom. The average Bonchev–Trinajstić information content (AvgIpc) is 2.77. The summed E-state index contributed by atoms with van der Waals surface area (Å²) in [6, 6.07) is 5.97. The molecule has 1 fully saturated rings. The molecule has 9 heteroatoms. The number of hydrogen-bond donors (Lipinski definition) is 2. The Morgan fingerprint density at radius 3 is 2.26 bits per heavy atom. The molecule has 0 saturated carbocycles. The number of carbonyl (C=O) groups is 2. The van der Waals surface area contributed by atoms with Gasteiger partial charge in [0.05, 0.1) is 17.5 Å². The molecule has 0 unspecified atom stereocenters. The Labute approximate surface area is 133 Å². The molecule has 23 heavy (non-hydrogen) atoms. The Balaban J connectivity index is 2.22. The van der Waals surface area contributed by atoms with Crippen LogP contribution in [-0.4, -0.2) is 53.8 Å². The third-order valence-corrected chi connectivity index (χ3v) is 5.25. The van der Waals surface area contributed by atoms with Gasteiger partial charge in [0.15, 0.2) is 0 Å². The standard InChI is InChI=1S/C14H17NO7S/c1-9-3-5-11(6-4-9)23(20,21)22-10-7-14(2,12(16)17)15(8-10)13(18)19/h3-6,10H,7-8H2,1-2H3,(H,16,17)(H,18,19)/t10-,14+/m0/s1. The molecule has 1 heterocycles. The SMILES string of the molecule is Cc1ccc(S(=O)(=O)O[C@@H]2CN(C(=O)O)[C@@](C)(C(=O)O)C2)cc1. The van der Waals surface area contributed by atoms with E-state index in [0.29, 0.717) is 4.90 Å². The molecule has 1 amide bonds. The maximum absolute atomic E-state index is 12.2. The van der Waals surface area contributed by atoms with E-state index in [9.17, 15) is 23.1 Å². The molecule has 0 spiro atoms. The summed E-state index contributed by atoms with van der Waals surface area (Å²) < 4.78 is 29.5. The van der Waals surface area contributed by atoms with Gasteiger partial charge in [0.25, 0.3) is 10.1 Å². The molecular weight excluding hydrogens is 326 g/mol. The number of amides is 1. The predicted octanol–water partition coefficient (Wildman–Crippen LogP) is 1.30. The summed E-state index contributed by atoms with van der Waals surface area (Å²) in [6.45, 7) is 2.70. The molecule has 1 aliphatic rings. The van der Waals surface area contributed by atoms with Crippen LogP contribution in [0, 0.1) is 6.92 Å². The highest BCUT2D eigenvalue weighted by Gasteiger charge is 2.52. The van der Waals surface area contributed by atoms with Crippen LogP contribution in [0.25, 0.3) is 0 Å². The first-order valence-electron chi connectivity index (χ1n) is 6.80. The lowest BCUT2D eigenvalue weighted by molar-refractivity contribution is -0.147. The number of carboxylic acids is 1. The molecular formula is C14H17NO7S. The number of aryl methyl sites for hydroxylation is 1. The zero-order valence-corrected chi connectivity index (χ0v) is 13.4. The molecule has 0 radical (unpaired) electrons. The minimum atomic E-state index is -4.10. The van der Waals surface area contributed by atoms with Gasteiger partial charge in [-0.25, -0.2) is 9.59 Å². The molecule has 1 aromatic carbocycles. The maximum atomic E-state index is 12.2. The number of carboxylic acid groups (broad SMARTS) is 2. The summed E-state index contributed by atoms with van der Waals surface area (Å²) in [5, 5.41) is 18.4. The summed E-state index contributed by atoms with van der Waals surface area (Å²) in [4.78, 5) is 23.2. The van der Waals surface area contributed by atoms with Gasteiger partial charge in [-0.05, 0) is 26.0 Å². The van der Waals surface area contributed by atoms with E-state index < -0.39 is 33.8 Å². The van der Waals surface area contributed by atoms with Crippen LogP contribution in [0.15, 0.2) is 29.2 Å². The van der Waals surface area contributed by atoms with Gasteiger partial charge in [0.1, 0.15) is 5.54 Å². The van der Waals surface area contributed by atoms with Crippen LogP contribution in [0.1, 0.15) is 18.9 Å².